The molecular formula is C19H16ClFN2O2. The summed E-state index contributed by atoms with van der Waals surface area (Å²) in [7, 11) is 0. The molecule has 0 saturated carbocycles. The van der Waals surface area contributed by atoms with Crippen LogP contribution >= 0.6 is 11.6 Å². The number of nitrogens with one attached hydrogen (secondary N) is 1. The van der Waals surface area contributed by atoms with E-state index in [0.717, 1.165) is 5.56 Å². The topological polar surface area (TPSA) is 55.1 Å². The molecule has 1 amide bonds. The van der Waals surface area contributed by atoms with Crippen molar-refractivity contribution in [2.45, 2.75) is 19.9 Å². The minimum atomic E-state index is -0.564. The molecule has 25 heavy (non-hydrogen) atoms. The van der Waals surface area contributed by atoms with E-state index < -0.39 is 11.7 Å². The van der Waals surface area contributed by atoms with Crippen LogP contribution in [0.4, 0.5) is 4.39 Å². The number of aryl methyl sites for hydroxylation is 1. The lowest BCUT2D eigenvalue weighted by Crippen LogP contribution is -2.27. The van der Waals surface area contributed by atoms with Crippen molar-refractivity contribution in [3.63, 3.8) is 0 Å². The van der Waals surface area contributed by atoms with Crippen LogP contribution in [0.2, 0.25) is 5.02 Å². The summed E-state index contributed by atoms with van der Waals surface area (Å²) in [4.78, 5) is 12.8. The Kier molecular flexibility index (Phi) is 4.86. The number of carbonyl (C=O) groups excluding carboxylic acids is 1. The van der Waals surface area contributed by atoms with Crippen molar-refractivity contribution >= 4 is 17.5 Å². The number of rotatable bonds is 4. The Bertz CT molecular complexity index is 889. The molecule has 4 nitrogen and oxygen atoms in total. The maximum atomic E-state index is 14.2. The molecule has 0 aliphatic carbocycles. The molecule has 1 unspecified atom stereocenters. The average molecular weight is 359 g/mol. The maximum Gasteiger partial charge on any atom is 0.257 e. The molecule has 0 aliphatic rings. The van der Waals surface area contributed by atoms with E-state index in [1.165, 1.54) is 18.2 Å². The second-order valence-corrected chi connectivity index (χ2v) is 6.07. The standard InChI is InChI=1S/C19H16ClFN2O2/c1-11(13-7-4-3-5-8-13)22-19(24)16-12(2)25-23-18(16)17-14(20)9-6-10-15(17)21/h3-11H,1-2H3,(H,22,24). The first-order chi connectivity index (χ1) is 12.0. The van der Waals surface area contributed by atoms with Crippen molar-refractivity contribution in [2.24, 2.45) is 0 Å². The zero-order valence-electron chi connectivity index (χ0n) is 13.7. The molecule has 1 atom stereocenters. The van der Waals surface area contributed by atoms with E-state index in [0.29, 0.717) is 5.76 Å². The van der Waals surface area contributed by atoms with Crippen LogP contribution in [0.25, 0.3) is 11.3 Å². The fraction of sp³-hybridized carbons (Fsp3) is 0.158. The highest BCUT2D eigenvalue weighted by Crippen LogP contribution is 2.33. The van der Waals surface area contributed by atoms with Gasteiger partial charge < -0.3 is 9.84 Å². The number of amides is 1. The van der Waals surface area contributed by atoms with Crippen LogP contribution in [0.3, 0.4) is 0 Å². The monoisotopic (exact) mass is 358 g/mol. The molecule has 2 aromatic carbocycles. The Balaban J connectivity index is 1.96. The Morgan fingerprint density at radius 1 is 1.20 bits per heavy atom. The van der Waals surface area contributed by atoms with Gasteiger partial charge in [0.05, 0.1) is 16.6 Å². The van der Waals surface area contributed by atoms with Crippen molar-refractivity contribution in [3.05, 3.63) is 76.3 Å². The first-order valence-corrected chi connectivity index (χ1v) is 8.13. The summed E-state index contributed by atoms with van der Waals surface area (Å²) in [5, 5.41) is 6.90. The summed E-state index contributed by atoms with van der Waals surface area (Å²) in [6.07, 6.45) is 0. The molecule has 1 aromatic heterocycles. The van der Waals surface area contributed by atoms with Crippen LogP contribution in [-0.4, -0.2) is 11.1 Å². The summed E-state index contributed by atoms with van der Waals surface area (Å²) in [6.45, 7) is 3.47. The van der Waals surface area contributed by atoms with Gasteiger partial charge in [-0.15, -0.1) is 0 Å². The van der Waals surface area contributed by atoms with Gasteiger partial charge in [-0.25, -0.2) is 4.39 Å². The van der Waals surface area contributed by atoms with Crippen molar-refractivity contribution in [1.82, 2.24) is 10.5 Å². The summed E-state index contributed by atoms with van der Waals surface area (Å²) < 4.78 is 19.4. The zero-order chi connectivity index (χ0) is 18.0. The van der Waals surface area contributed by atoms with Crippen molar-refractivity contribution < 1.29 is 13.7 Å². The van der Waals surface area contributed by atoms with Crippen LogP contribution in [0.5, 0.6) is 0 Å². The summed E-state index contributed by atoms with van der Waals surface area (Å²) in [6, 6.07) is 13.6. The van der Waals surface area contributed by atoms with E-state index in [1.807, 2.05) is 37.3 Å². The highest BCUT2D eigenvalue weighted by molar-refractivity contribution is 6.33. The van der Waals surface area contributed by atoms with E-state index in [4.69, 9.17) is 16.1 Å². The highest BCUT2D eigenvalue weighted by Gasteiger charge is 2.26. The maximum absolute atomic E-state index is 14.2. The molecule has 0 spiro atoms. The van der Waals surface area contributed by atoms with Crippen molar-refractivity contribution in [2.75, 3.05) is 0 Å². The second kappa shape index (κ2) is 7.07. The lowest BCUT2D eigenvalue weighted by atomic mass is 10.0. The van der Waals surface area contributed by atoms with Gasteiger partial charge in [0.2, 0.25) is 0 Å². The molecule has 0 saturated heterocycles. The van der Waals surface area contributed by atoms with Gasteiger partial charge in [0.15, 0.2) is 0 Å². The fourth-order valence-corrected chi connectivity index (χ4v) is 2.88. The van der Waals surface area contributed by atoms with E-state index in [9.17, 15) is 9.18 Å². The molecule has 3 aromatic rings. The molecule has 1 heterocycles. The molecule has 0 aliphatic heterocycles. The average Bonchev–Trinajstić information content (AvgIpc) is 2.97. The van der Waals surface area contributed by atoms with Gasteiger partial charge in [-0.05, 0) is 31.5 Å². The number of carbonyl (C=O) groups is 1. The van der Waals surface area contributed by atoms with E-state index in [2.05, 4.69) is 10.5 Å². The van der Waals surface area contributed by atoms with Gasteiger partial charge in [-0.2, -0.15) is 0 Å². The number of hydrogen-bond donors (Lipinski definition) is 1. The van der Waals surface area contributed by atoms with Crippen LogP contribution in [0.1, 0.15) is 34.6 Å². The minimum Gasteiger partial charge on any atom is -0.360 e. The lowest BCUT2D eigenvalue weighted by molar-refractivity contribution is 0.0939. The molecule has 3 rings (SSSR count). The molecule has 0 radical (unpaired) electrons. The van der Waals surface area contributed by atoms with Gasteiger partial charge in [-0.3, -0.25) is 4.79 Å². The Morgan fingerprint density at radius 2 is 1.92 bits per heavy atom. The quantitative estimate of drug-likeness (QED) is 0.719. The molecule has 128 valence electrons. The number of nitrogens with zero attached hydrogens (tertiary/aromatic N) is 1. The molecule has 0 fully saturated rings. The SMILES string of the molecule is Cc1onc(-c2c(F)cccc2Cl)c1C(=O)NC(C)c1ccccc1. The highest BCUT2D eigenvalue weighted by atomic mass is 35.5. The minimum absolute atomic E-state index is 0.0542. The van der Waals surface area contributed by atoms with Gasteiger partial charge >= 0.3 is 0 Å². The molecular weight excluding hydrogens is 343 g/mol. The van der Waals surface area contributed by atoms with Crippen molar-refractivity contribution in [1.29, 1.82) is 0 Å². The van der Waals surface area contributed by atoms with Gasteiger partial charge in [0, 0.05) is 0 Å². The number of halogens is 2. The lowest BCUT2D eigenvalue weighted by Gasteiger charge is -2.14. The van der Waals surface area contributed by atoms with Gasteiger partial charge in [0.25, 0.3) is 5.91 Å². The number of benzene rings is 2. The molecule has 6 heteroatoms. The predicted molar refractivity (Wildman–Crippen MR) is 94.0 cm³/mol. The van der Waals surface area contributed by atoms with E-state index in [-0.39, 0.29) is 27.9 Å². The molecule has 1 N–H and O–H groups in total. The van der Waals surface area contributed by atoms with Crippen LogP contribution in [0.15, 0.2) is 53.1 Å². The third-order valence-electron chi connectivity index (χ3n) is 3.94. The summed E-state index contributed by atoms with van der Waals surface area (Å²) in [5.41, 5.74) is 1.28. The van der Waals surface area contributed by atoms with Gasteiger partial charge in [0.1, 0.15) is 22.8 Å². The molecule has 0 bridgehead atoms. The summed E-state index contributed by atoms with van der Waals surface area (Å²) in [5.74, 6) is -0.664. The van der Waals surface area contributed by atoms with E-state index in [1.54, 1.807) is 6.92 Å². The zero-order valence-corrected chi connectivity index (χ0v) is 14.5. The first kappa shape index (κ1) is 17.2. The van der Waals surface area contributed by atoms with Crippen LogP contribution in [-0.2, 0) is 0 Å². The van der Waals surface area contributed by atoms with E-state index >= 15 is 0 Å². The largest absolute Gasteiger partial charge is 0.360 e. The number of hydrogen-bond acceptors (Lipinski definition) is 3. The smallest absolute Gasteiger partial charge is 0.257 e. The van der Waals surface area contributed by atoms with Crippen LogP contribution in [0, 0.1) is 12.7 Å². The van der Waals surface area contributed by atoms with Gasteiger partial charge in [-0.1, -0.05) is 53.2 Å². The Hall–Kier alpha value is -2.66. The number of aromatic nitrogens is 1. The first-order valence-electron chi connectivity index (χ1n) is 7.75. The third-order valence-corrected chi connectivity index (χ3v) is 4.25. The Labute approximate surface area is 149 Å². The summed E-state index contributed by atoms with van der Waals surface area (Å²) >= 11 is 6.10. The van der Waals surface area contributed by atoms with Crippen molar-refractivity contribution in [3.8, 4) is 11.3 Å². The van der Waals surface area contributed by atoms with Crippen LogP contribution < -0.4 is 5.32 Å². The predicted octanol–water partition coefficient (Wildman–Crippen LogP) is 4.93. The normalized spacial score (nSPS) is 12.0. The third kappa shape index (κ3) is 3.42. The Morgan fingerprint density at radius 3 is 2.60 bits per heavy atom. The fourth-order valence-electron chi connectivity index (χ4n) is 2.63. The second-order valence-electron chi connectivity index (χ2n) is 5.66.